The van der Waals surface area contributed by atoms with Gasteiger partial charge in [0.1, 0.15) is 11.5 Å². The molecule has 2 heterocycles. The standard InChI is InChI=1S/C24H24FN3O3/c1-30-21-12-15-10-11-27(14-16(15)13-22(21)31-2)24(29)23-17-6-5-9-19(17)28(26-23)20-8-4-3-7-18(20)25/h3-4,7-8,12-13H,5-6,9-11,14H2,1-2H3. The molecule has 7 heteroatoms. The van der Waals surface area contributed by atoms with Crippen LogP contribution < -0.4 is 9.47 Å². The van der Waals surface area contributed by atoms with E-state index in [1.54, 1.807) is 37.1 Å². The number of para-hydroxylation sites is 1. The van der Waals surface area contributed by atoms with Crippen LogP contribution in [0.1, 0.15) is 39.3 Å². The molecule has 0 saturated heterocycles. The maximum atomic E-state index is 14.4. The number of hydrogen-bond donors (Lipinski definition) is 0. The molecule has 1 aliphatic carbocycles. The summed E-state index contributed by atoms with van der Waals surface area (Å²) in [6, 6.07) is 10.5. The zero-order valence-corrected chi connectivity index (χ0v) is 17.7. The van der Waals surface area contributed by atoms with Crippen molar-refractivity contribution in [3.8, 4) is 17.2 Å². The minimum absolute atomic E-state index is 0.103. The summed E-state index contributed by atoms with van der Waals surface area (Å²) >= 11 is 0. The number of amides is 1. The molecule has 6 nitrogen and oxygen atoms in total. The largest absolute Gasteiger partial charge is 0.493 e. The maximum absolute atomic E-state index is 14.4. The molecule has 0 radical (unpaired) electrons. The van der Waals surface area contributed by atoms with Gasteiger partial charge < -0.3 is 14.4 Å². The van der Waals surface area contributed by atoms with Gasteiger partial charge in [0.05, 0.1) is 14.2 Å². The fourth-order valence-electron chi connectivity index (χ4n) is 4.64. The highest BCUT2D eigenvalue weighted by molar-refractivity contribution is 5.94. The number of halogens is 1. The predicted molar refractivity (Wildman–Crippen MR) is 114 cm³/mol. The normalized spacial score (nSPS) is 14.9. The zero-order valence-electron chi connectivity index (χ0n) is 17.7. The van der Waals surface area contributed by atoms with E-state index in [9.17, 15) is 9.18 Å². The van der Waals surface area contributed by atoms with Gasteiger partial charge in [-0.2, -0.15) is 5.10 Å². The van der Waals surface area contributed by atoms with E-state index >= 15 is 0 Å². The van der Waals surface area contributed by atoms with E-state index in [0.717, 1.165) is 48.1 Å². The Hall–Kier alpha value is -3.35. The van der Waals surface area contributed by atoms with Crippen molar-refractivity contribution in [2.24, 2.45) is 0 Å². The lowest BCUT2D eigenvalue weighted by Crippen LogP contribution is -2.36. The first-order valence-corrected chi connectivity index (χ1v) is 10.5. The van der Waals surface area contributed by atoms with Crippen LogP contribution in [0.3, 0.4) is 0 Å². The van der Waals surface area contributed by atoms with E-state index in [1.165, 1.54) is 6.07 Å². The van der Waals surface area contributed by atoms with Gasteiger partial charge in [-0.25, -0.2) is 9.07 Å². The van der Waals surface area contributed by atoms with Crippen molar-refractivity contribution in [1.82, 2.24) is 14.7 Å². The second kappa shape index (κ2) is 7.72. The molecule has 1 aromatic heterocycles. The fourth-order valence-corrected chi connectivity index (χ4v) is 4.64. The van der Waals surface area contributed by atoms with Crippen molar-refractivity contribution >= 4 is 5.91 Å². The van der Waals surface area contributed by atoms with Gasteiger partial charge in [-0.3, -0.25) is 4.79 Å². The Morgan fingerprint density at radius 3 is 2.52 bits per heavy atom. The Morgan fingerprint density at radius 2 is 1.77 bits per heavy atom. The average Bonchev–Trinajstić information content (AvgIpc) is 3.41. The van der Waals surface area contributed by atoms with Crippen LogP contribution in [0.4, 0.5) is 4.39 Å². The summed E-state index contributed by atoms with van der Waals surface area (Å²) in [6.07, 6.45) is 3.27. The highest BCUT2D eigenvalue weighted by atomic mass is 19.1. The lowest BCUT2D eigenvalue weighted by atomic mass is 9.98. The van der Waals surface area contributed by atoms with Gasteiger partial charge in [-0.1, -0.05) is 12.1 Å². The molecule has 0 fully saturated rings. The molecule has 0 N–H and O–H groups in total. The number of carbonyl (C=O) groups is 1. The minimum atomic E-state index is -0.341. The molecular formula is C24H24FN3O3. The van der Waals surface area contributed by atoms with Gasteiger partial charge in [0.15, 0.2) is 17.2 Å². The molecule has 3 aromatic rings. The number of methoxy groups -OCH3 is 2. The Morgan fingerprint density at radius 1 is 1.03 bits per heavy atom. The highest BCUT2D eigenvalue weighted by Gasteiger charge is 2.32. The third-order valence-electron chi connectivity index (χ3n) is 6.22. The van der Waals surface area contributed by atoms with Crippen molar-refractivity contribution in [1.29, 1.82) is 0 Å². The second-order valence-corrected chi connectivity index (χ2v) is 7.94. The number of hydrogen-bond acceptors (Lipinski definition) is 4. The van der Waals surface area contributed by atoms with Gasteiger partial charge in [-0.05, 0) is 61.1 Å². The van der Waals surface area contributed by atoms with Gasteiger partial charge >= 0.3 is 0 Å². The molecule has 31 heavy (non-hydrogen) atoms. The van der Waals surface area contributed by atoms with Crippen LogP contribution in [0, 0.1) is 5.82 Å². The molecule has 1 amide bonds. The molecule has 0 spiro atoms. The van der Waals surface area contributed by atoms with E-state index in [1.807, 2.05) is 17.0 Å². The van der Waals surface area contributed by atoms with Gasteiger partial charge in [-0.15, -0.1) is 0 Å². The first-order valence-electron chi connectivity index (χ1n) is 10.5. The third-order valence-corrected chi connectivity index (χ3v) is 6.22. The van der Waals surface area contributed by atoms with Gasteiger partial charge in [0, 0.05) is 24.3 Å². The number of benzene rings is 2. The molecule has 5 rings (SSSR count). The number of ether oxygens (including phenoxy) is 2. The van der Waals surface area contributed by atoms with Crippen molar-refractivity contribution in [3.05, 3.63) is 70.3 Å². The van der Waals surface area contributed by atoms with Crippen LogP contribution in [0.15, 0.2) is 36.4 Å². The lowest BCUT2D eigenvalue weighted by Gasteiger charge is -2.29. The molecular weight excluding hydrogens is 397 g/mol. The fraction of sp³-hybridized carbons (Fsp3) is 0.333. The van der Waals surface area contributed by atoms with E-state index in [2.05, 4.69) is 5.10 Å². The van der Waals surface area contributed by atoms with Crippen molar-refractivity contribution in [2.75, 3.05) is 20.8 Å². The summed E-state index contributed by atoms with van der Waals surface area (Å²) in [5.41, 5.74) is 4.93. The smallest absolute Gasteiger partial charge is 0.274 e. The third kappa shape index (κ3) is 3.24. The number of nitrogens with zero attached hydrogens (tertiary/aromatic N) is 3. The van der Waals surface area contributed by atoms with E-state index < -0.39 is 0 Å². The summed E-state index contributed by atoms with van der Waals surface area (Å²) < 4.78 is 26.9. The Labute approximate surface area is 180 Å². The molecule has 160 valence electrons. The molecule has 0 unspecified atom stereocenters. The van der Waals surface area contributed by atoms with E-state index in [4.69, 9.17) is 9.47 Å². The van der Waals surface area contributed by atoms with Crippen molar-refractivity contribution in [2.45, 2.75) is 32.2 Å². The van der Waals surface area contributed by atoms with Crippen LogP contribution in [-0.4, -0.2) is 41.4 Å². The molecule has 1 aliphatic heterocycles. The lowest BCUT2D eigenvalue weighted by molar-refractivity contribution is 0.0727. The second-order valence-electron chi connectivity index (χ2n) is 7.94. The molecule has 0 saturated carbocycles. The molecule has 0 atom stereocenters. The van der Waals surface area contributed by atoms with Crippen LogP contribution >= 0.6 is 0 Å². The summed E-state index contributed by atoms with van der Waals surface area (Å²) in [6.45, 7) is 1.08. The number of aromatic nitrogens is 2. The number of carbonyl (C=O) groups excluding carboxylic acids is 1. The van der Waals surface area contributed by atoms with Gasteiger partial charge in [0.2, 0.25) is 0 Å². The van der Waals surface area contributed by atoms with E-state index in [0.29, 0.717) is 36.0 Å². The monoisotopic (exact) mass is 421 g/mol. The Bertz CT molecular complexity index is 1170. The van der Waals surface area contributed by atoms with E-state index in [-0.39, 0.29) is 11.7 Å². The summed E-state index contributed by atoms with van der Waals surface area (Å²) in [4.78, 5) is 15.3. The average molecular weight is 421 g/mol. The Kier molecular flexibility index (Phi) is 4.88. The van der Waals surface area contributed by atoms with Gasteiger partial charge in [0.25, 0.3) is 5.91 Å². The van der Waals surface area contributed by atoms with Crippen molar-refractivity contribution in [3.63, 3.8) is 0 Å². The molecule has 0 bridgehead atoms. The van der Waals surface area contributed by atoms with Crippen LogP contribution in [0.25, 0.3) is 5.69 Å². The SMILES string of the molecule is COc1cc2c(cc1OC)CN(C(=O)c1nn(-c3ccccc3F)c3c1CCC3)CC2. The Balaban J connectivity index is 1.48. The molecule has 2 aliphatic rings. The number of rotatable bonds is 4. The predicted octanol–water partition coefficient (Wildman–Crippen LogP) is 3.72. The summed E-state index contributed by atoms with van der Waals surface area (Å²) in [5, 5.41) is 4.60. The number of fused-ring (bicyclic) bond motifs is 2. The van der Waals surface area contributed by atoms with Crippen molar-refractivity contribution < 1.29 is 18.7 Å². The zero-order chi connectivity index (χ0) is 21.5. The summed E-state index contributed by atoms with van der Waals surface area (Å²) in [5.74, 6) is 0.906. The first-order chi connectivity index (χ1) is 15.1. The van der Waals surface area contributed by atoms with Crippen LogP contribution in [0.5, 0.6) is 11.5 Å². The quantitative estimate of drug-likeness (QED) is 0.644. The summed E-state index contributed by atoms with van der Waals surface area (Å²) in [7, 11) is 3.23. The van der Waals surface area contributed by atoms with Crippen LogP contribution in [-0.2, 0) is 25.8 Å². The topological polar surface area (TPSA) is 56.6 Å². The molecule has 2 aromatic carbocycles. The first kappa shape index (κ1) is 19.6. The maximum Gasteiger partial charge on any atom is 0.274 e. The minimum Gasteiger partial charge on any atom is -0.493 e. The van der Waals surface area contributed by atoms with Crippen LogP contribution in [0.2, 0.25) is 0 Å². The highest BCUT2D eigenvalue weighted by Crippen LogP contribution is 2.34.